The van der Waals surface area contributed by atoms with Gasteiger partial charge in [-0.05, 0) is 49.2 Å². The molecule has 0 atom stereocenters. The van der Waals surface area contributed by atoms with Crippen LogP contribution in [-0.4, -0.2) is 34.1 Å². The van der Waals surface area contributed by atoms with Gasteiger partial charge in [0.15, 0.2) is 6.61 Å². The summed E-state index contributed by atoms with van der Waals surface area (Å²) in [6.07, 6.45) is 0. The normalized spacial score (nSPS) is 11.3. The maximum atomic E-state index is 11.9. The molecule has 152 valence electrons. The van der Waals surface area contributed by atoms with Gasteiger partial charge in [0.1, 0.15) is 11.5 Å². The maximum Gasteiger partial charge on any atom is 0.258 e. The van der Waals surface area contributed by atoms with Crippen LogP contribution in [0.5, 0.6) is 11.5 Å². The number of carbonyl (C=O) groups excluding carboxylic acids is 1. The van der Waals surface area contributed by atoms with Gasteiger partial charge in [-0.3, -0.25) is 4.79 Å². The van der Waals surface area contributed by atoms with Crippen molar-refractivity contribution in [3.8, 4) is 11.5 Å². The second-order valence-electron chi connectivity index (χ2n) is 6.59. The van der Waals surface area contributed by atoms with Crippen LogP contribution >= 0.6 is 0 Å². The van der Waals surface area contributed by atoms with E-state index in [9.17, 15) is 13.2 Å². The minimum atomic E-state index is -3.35. The molecule has 0 aliphatic carbocycles. The molecule has 0 aromatic heterocycles. The molecule has 0 spiro atoms. The first-order valence-electron chi connectivity index (χ1n) is 8.89. The Hall–Kier alpha value is -2.58. The Morgan fingerprint density at radius 2 is 1.54 bits per heavy atom. The van der Waals surface area contributed by atoms with E-state index in [0.717, 1.165) is 5.56 Å². The fourth-order valence-corrected chi connectivity index (χ4v) is 3.88. The van der Waals surface area contributed by atoms with Gasteiger partial charge in [-0.2, -0.15) is 0 Å². The highest BCUT2D eigenvalue weighted by molar-refractivity contribution is 7.88. The van der Waals surface area contributed by atoms with Gasteiger partial charge in [0.25, 0.3) is 5.91 Å². The van der Waals surface area contributed by atoms with Gasteiger partial charge in [0.2, 0.25) is 10.0 Å². The standard InChI is InChI=1S/C20H26N2O5S/c1-15(2)22-28(24,25)14-17-6-4-16(5-7-17)12-21-20(23)13-27-19-10-8-18(26-3)9-11-19/h4-11,15,22H,12-14H2,1-3H3,(H,21,23). The van der Waals surface area contributed by atoms with E-state index in [4.69, 9.17) is 9.47 Å². The third-order valence-electron chi connectivity index (χ3n) is 3.71. The van der Waals surface area contributed by atoms with E-state index in [1.54, 1.807) is 69.5 Å². The zero-order chi connectivity index (χ0) is 20.6. The number of hydrogen-bond donors (Lipinski definition) is 2. The fourth-order valence-electron chi connectivity index (χ4n) is 2.45. The number of amides is 1. The Morgan fingerprint density at radius 1 is 0.964 bits per heavy atom. The topological polar surface area (TPSA) is 93.7 Å². The van der Waals surface area contributed by atoms with Crippen molar-refractivity contribution in [3.63, 3.8) is 0 Å². The summed E-state index contributed by atoms with van der Waals surface area (Å²) in [5, 5.41) is 2.77. The number of ether oxygens (including phenoxy) is 2. The number of hydrogen-bond acceptors (Lipinski definition) is 5. The highest BCUT2D eigenvalue weighted by Crippen LogP contribution is 2.16. The van der Waals surface area contributed by atoms with Crippen molar-refractivity contribution in [3.05, 3.63) is 59.7 Å². The second-order valence-corrected chi connectivity index (χ2v) is 8.34. The first kappa shape index (κ1) is 21.7. The minimum absolute atomic E-state index is 0.0759. The van der Waals surface area contributed by atoms with Crippen LogP contribution in [-0.2, 0) is 27.1 Å². The first-order valence-corrected chi connectivity index (χ1v) is 10.5. The molecule has 8 heteroatoms. The third-order valence-corrected chi connectivity index (χ3v) is 5.26. The Balaban J connectivity index is 1.78. The summed E-state index contributed by atoms with van der Waals surface area (Å²) in [5.74, 6) is 0.973. The zero-order valence-electron chi connectivity index (χ0n) is 16.3. The molecule has 2 aromatic carbocycles. The predicted molar refractivity (Wildman–Crippen MR) is 108 cm³/mol. The van der Waals surface area contributed by atoms with E-state index in [1.807, 2.05) is 0 Å². The lowest BCUT2D eigenvalue weighted by atomic mass is 10.1. The van der Waals surface area contributed by atoms with E-state index in [-0.39, 0.29) is 24.3 Å². The molecule has 0 radical (unpaired) electrons. The number of benzene rings is 2. The molecule has 0 aliphatic rings. The summed E-state index contributed by atoms with van der Waals surface area (Å²) in [4.78, 5) is 11.9. The van der Waals surface area contributed by atoms with Gasteiger partial charge in [-0.1, -0.05) is 24.3 Å². The van der Waals surface area contributed by atoms with E-state index in [2.05, 4.69) is 10.0 Å². The molecule has 1 amide bonds. The highest BCUT2D eigenvalue weighted by atomic mass is 32.2. The van der Waals surface area contributed by atoms with Gasteiger partial charge >= 0.3 is 0 Å². The van der Waals surface area contributed by atoms with Crippen LogP contribution in [0.25, 0.3) is 0 Å². The maximum absolute atomic E-state index is 11.9. The van der Waals surface area contributed by atoms with Crippen LogP contribution in [0.15, 0.2) is 48.5 Å². The number of nitrogens with one attached hydrogen (secondary N) is 2. The van der Waals surface area contributed by atoms with Crippen molar-refractivity contribution < 1.29 is 22.7 Å². The second kappa shape index (κ2) is 10.1. The minimum Gasteiger partial charge on any atom is -0.497 e. The number of methoxy groups -OCH3 is 1. The largest absolute Gasteiger partial charge is 0.497 e. The molecule has 0 fully saturated rings. The molecule has 0 bridgehead atoms. The lowest BCUT2D eigenvalue weighted by Crippen LogP contribution is -2.31. The molecular weight excluding hydrogens is 380 g/mol. The number of carbonyl (C=O) groups is 1. The zero-order valence-corrected chi connectivity index (χ0v) is 17.1. The summed E-state index contributed by atoms with van der Waals surface area (Å²) in [5.41, 5.74) is 1.56. The average molecular weight is 407 g/mol. The van der Waals surface area contributed by atoms with Crippen molar-refractivity contribution in [2.45, 2.75) is 32.2 Å². The van der Waals surface area contributed by atoms with Crippen LogP contribution < -0.4 is 19.5 Å². The summed E-state index contributed by atoms with van der Waals surface area (Å²) in [6, 6.07) is 13.9. The molecule has 0 heterocycles. The smallest absolute Gasteiger partial charge is 0.258 e. The Morgan fingerprint density at radius 3 is 2.11 bits per heavy atom. The molecule has 2 N–H and O–H groups in total. The average Bonchev–Trinajstić information content (AvgIpc) is 2.65. The van der Waals surface area contributed by atoms with Gasteiger partial charge < -0.3 is 14.8 Å². The Kier molecular flexibility index (Phi) is 7.83. The molecule has 7 nitrogen and oxygen atoms in total. The number of sulfonamides is 1. The van der Waals surface area contributed by atoms with Crippen LogP contribution in [0.2, 0.25) is 0 Å². The molecule has 0 unspecified atom stereocenters. The molecule has 2 rings (SSSR count). The monoisotopic (exact) mass is 406 g/mol. The fraction of sp³-hybridized carbons (Fsp3) is 0.350. The summed E-state index contributed by atoms with van der Waals surface area (Å²) >= 11 is 0. The van der Waals surface area contributed by atoms with Crippen molar-refractivity contribution >= 4 is 15.9 Å². The first-order chi connectivity index (χ1) is 13.3. The van der Waals surface area contributed by atoms with E-state index in [0.29, 0.717) is 23.6 Å². The van der Waals surface area contributed by atoms with E-state index >= 15 is 0 Å². The number of rotatable bonds is 10. The summed E-state index contributed by atoms with van der Waals surface area (Å²) in [7, 11) is -1.77. The predicted octanol–water partition coefficient (Wildman–Crippen LogP) is 2.22. The highest BCUT2D eigenvalue weighted by Gasteiger charge is 2.12. The quantitative estimate of drug-likeness (QED) is 0.631. The lowest BCUT2D eigenvalue weighted by Gasteiger charge is -2.10. The van der Waals surface area contributed by atoms with Crippen molar-refractivity contribution in [2.75, 3.05) is 13.7 Å². The van der Waals surface area contributed by atoms with Crippen LogP contribution in [0.3, 0.4) is 0 Å². The molecule has 0 aliphatic heterocycles. The molecule has 0 saturated carbocycles. The van der Waals surface area contributed by atoms with Crippen molar-refractivity contribution in [1.82, 2.24) is 10.0 Å². The molecule has 28 heavy (non-hydrogen) atoms. The SMILES string of the molecule is COc1ccc(OCC(=O)NCc2ccc(CS(=O)(=O)NC(C)C)cc2)cc1. The van der Waals surface area contributed by atoms with Crippen LogP contribution in [0, 0.1) is 0 Å². The molecule has 2 aromatic rings. The third kappa shape index (κ3) is 7.58. The molecular formula is C20H26N2O5S. The van der Waals surface area contributed by atoms with Gasteiger partial charge in [-0.15, -0.1) is 0 Å². The van der Waals surface area contributed by atoms with Gasteiger partial charge in [-0.25, -0.2) is 13.1 Å². The summed E-state index contributed by atoms with van der Waals surface area (Å²) in [6.45, 7) is 3.80. The van der Waals surface area contributed by atoms with E-state index in [1.165, 1.54) is 0 Å². The van der Waals surface area contributed by atoms with Gasteiger partial charge in [0.05, 0.1) is 12.9 Å². The van der Waals surface area contributed by atoms with Crippen molar-refractivity contribution in [2.24, 2.45) is 0 Å². The molecule has 0 saturated heterocycles. The van der Waals surface area contributed by atoms with Crippen LogP contribution in [0.4, 0.5) is 0 Å². The summed E-state index contributed by atoms with van der Waals surface area (Å²) < 4.78 is 36.9. The van der Waals surface area contributed by atoms with E-state index < -0.39 is 10.0 Å². The van der Waals surface area contributed by atoms with Gasteiger partial charge in [0, 0.05) is 12.6 Å². The Bertz CT molecular complexity index is 862. The van der Waals surface area contributed by atoms with Crippen molar-refractivity contribution in [1.29, 1.82) is 0 Å². The lowest BCUT2D eigenvalue weighted by molar-refractivity contribution is -0.123. The Labute approximate surface area is 166 Å². The van der Waals surface area contributed by atoms with Crippen LogP contribution in [0.1, 0.15) is 25.0 Å².